The number of nitrogens with one attached hydrogen (secondary N) is 1. The van der Waals surface area contributed by atoms with E-state index in [1.807, 2.05) is 0 Å². The topological polar surface area (TPSA) is 88.0 Å². The van der Waals surface area contributed by atoms with Crippen LogP contribution in [0.15, 0.2) is 11.1 Å². The van der Waals surface area contributed by atoms with Crippen molar-refractivity contribution in [3.05, 3.63) is 16.8 Å². The summed E-state index contributed by atoms with van der Waals surface area (Å²) in [7, 11) is 0. The quantitative estimate of drug-likeness (QED) is 0.591. The van der Waals surface area contributed by atoms with Crippen molar-refractivity contribution in [1.82, 2.24) is 14.8 Å². The summed E-state index contributed by atoms with van der Waals surface area (Å²) in [5.41, 5.74) is -0.463. The Kier molecular flexibility index (Phi) is 2.05. The summed E-state index contributed by atoms with van der Waals surface area (Å²) in [6.45, 7) is 0.241. The minimum Gasteiger partial charge on any atom is -0.481 e. The van der Waals surface area contributed by atoms with Crippen LogP contribution >= 0.6 is 0 Å². The molecule has 0 amide bonds. The average Bonchev–Trinajstić information content (AvgIpc) is 2.31. The van der Waals surface area contributed by atoms with Gasteiger partial charge in [0.1, 0.15) is 6.33 Å². The second kappa shape index (κ2) is 3.00. The van der Waals surface area contributed by atoms with Crippen molar-refractivity contribution in [2.75, 3.05) is 0 Å². The predicted octanol–water partition coefficient (Wildman–Crippen LogP) is -0.954. The van der Waals surface area contributed by atoms with E-state index in [0.29, 0.717) is 0 Å². The third-order valence-electron chi connectivity index (χ3n) is 1.12. The molecule has 2 N–H and O–H groups in total. The molecule has 0 radical (unpaired) electrons. The Morgan fingerprint density at radius 2 is 2.55 bits per heavy atom. The van der Waals surface area contributed by atoms with Gasteiger partial charge in [0.05, 0.1) is 13.0 Å². The molecule has 0 atom stereocenters. The lowest BCUT2D eigenvalue weighted by atomic mass is 10.4. The molecule has 60 valence electrons. The molecule has 11 heavy (non-hydrogen) atoms. The summed E-state index contributed by atoms with van der Waals surface area (Å²) >= 11 is 0. The SMILES string of the molecule is O=C(O)CCn1cnc(=O)[nH]1. The molecular formula is C5H7N3O3. The third-order valence-corrected chi connectivity index (χ3v) is 1.12. The maximum atomic E-state index is 10.4. The standard InChI is InChI=1S/C5H7N3O3/c9-4(10)1-2-8-3-6-5(11)7-8/h3H,1-2H2,(H,7,11)(H,9,10). The van der Waals surface area contributed by atoms with E-state index in [1.54, 1.807) is 0 Å². The second-order valence-electron chi connectivity index (χ2n) is 2.00. The number of H-pyrrole nitrogens is 1. The Balaban J connectivity index is 2.51. The Morgan fingerprint density at radius 3 is 3.00 bits per heavy atom. The lowest BCUT2D eigenvalue weighted by Crippen LogP contribution is -2.09. The first-order valence-electron chi connectivity index (χ1n) is 3.02. The fourth-order valence-electron chi connectivity index (χ4n) is 0.632. The number of aromatic nitrogens is 3. The van der Waals surface area contributed by atoms with Gasteiger partial charge in [0.15, 0.2) is 0 Å². The molecule has 6 heteroatoms. The van der Waals surface area contributed by atoms with Gasteiger partial charge < -0.3 is 5.11 Å². The van der Waals surface area contributed by atoms with Crippen LogP contribution in [0.1, 0.15) is 6.42 Å². The summed E-state index contributed by atoms with van der Waals surface area (Å²) in [6, 6.07) is 0. The first-order valence-corrected chi connectivity index (χ1v) is 3.02. The van der Waals surface area contributed by atoms with Gasteiger partial charge >= 0.3 is 11.7 Å². The fraction of sp³-hybridized carbons (Fsp3) is 0.400. The third kappa shape index (κ3) is 2.24. The van der Waals surface area contributed by atoms with Gasteiger partial charge in [-0.2, -0.15) is 4.98 Å². The van der Waals surface area contributed by atoms with E-state index < -0.39 is 11.7 Å². The van der Waals surface area contributed by atoms with Crippen molar-refractivity contribution in [2.45, 2.75) is 13.0 Å². The molecule has 0 aliphatic carbocycles. The van der Waals surface area contributed by atoms with Crippen LogP contribution in [0.25, 0.3) is 0 Å². The van der Waals surface area contributed by atoms with Crippen LogP contribution in [0.3, 0.4) is 0 Å². The highest BCUT2D eigenvalue weighted by atomic mass is 16.4. The highest BCUT2D eigenvalue weighted by Crippen LogP contribution is 1.83. The first kappa shape index (κ1) is 7.52. The van der Waals surface area contributed by atoms with E-state index in [1.165, 1.54) is 11.0 Å². The molecule has 0 aliphatic heterocycles. The minimum atomic E-state index is -0.903. The summed E-state index contributed by atoms with van der Waals surface area (Å²) in [5.74, 6) is -0.903. The lowest BCUT2D eigenvalue weighted by molar-refractivity contribution is -0.137. The molecule has 1 heterocycles. The Labute approximate surface area is 61.5 Å². The van der Waals surface area contributed by atoms with Gasteiger partial charge in [-0.15, -0.1) is 0 Å². The van der Waals surface area contributed by atoms with Gasteiger partial charge in [-0.05, 0) is 0 Å². The molecule has 0 spiro atoms. The van der Waals surface area contributed by atoms with Crippen LogP contribution in [-0.4, -0.2) is 25.8 Å². The summed E-state index contributed by atoms with van der Waals surface area (Å²) in [4.78, 5) is 23.8. The number of carbonyl (C=O) groups is 1. The molecule has 0 aromatic carbocycles. The molecule has 0 saturated carbocycles. The number of aryl methyl sites for hydroxylation is 1. The molecule has 0 unspecified atom stereocenters. The second-order valence-corrected chi connectivity index (χ2v) is 2.00. The Hall–Kier alpha value is -1.59. The number of nitrogens with zero attached hydrogens (tertiary/aromatic N) is 2. The van der Waals surface area contributed by atoms with Gasteiger partial charge in [0, 0.05) is 0 Å². The minimum absolute atomic E-state index is 0.0215. The zero-order chi connectivity index (χ0) is 8.27. The maximum Gasteiger partial charge on any atom is 0.361 e. The van der Waals surface area contributed by atoms with Crippen molar-refractivity contribution in [3.8, 4) is 0 Å². The molecule has 6 nitrogen and oxygen atoms in total. The molecule has 0 fully saturated rings. The monoisotopic (exact) mass is 157 g/mol. The van der Waals surface area contributed by atoms with E-state index in [2.05, 4.69) is 10.1 Å². The average molecular weight is 157 g/mol. The zero-order valence-corrected chi connectivity index (χ0v) is 5.65. The van der Waals surface area contributed by atoms with Crippen molar-refractivity contribution in [3.63, 3.8) is 0 Å². The number of hydrogen-bond donors (Lipinski definition) is 2. The predicted molar refractivity (Wildman–Crippen MR) is 35.1 cm³/mol. The molecule has 1 aromatic heterocycles. The summed E-state index contributed by atoms with van der Waals surface area (Å²) < 4.78 is 1.33. The smallest absolute Gasteiger partial charge is 0.361 e. The van der Waals surface area contributed by atoms with E-state index in [9.17, 15) is 9.59 Å². The van der Waals surface area contributed by atoms with Crippen molar-refractivity contribution < 1.29 is 9.90 Å². The summed E-state index contributed by atoms with van der Waals surface area (Å²) in [5, 5.41) is 10.6. The Morgan fingerprint density at radius 1 is 1.82 bits per heavy atom. The van der Waals surface area contributed by atoms with E-state index in [4.69, 9.17) is 5.11 Å². The molecule has 0 bridgehead atoms. The number of aliphatic carboxylic acids is 1. The van der Waals surface area contributed by atoms with Gasteiger partial charge in [-0.1, -0.05) is 0 Å². The number of hydrogen-bond acceptors (Lipinski definition) is 3. The lowest BCUT2D eigenvalue weighted by Gasteiger charge is -1.94. The number of rotatable bonds is 3. The summed E-state index contributed by atoms with van der Waals surface area (Å²) in [6.07, 6.45) is 1.25. The molecule has 0 aliphatic rings. The van der Waals surface area contributed by atoms with Crippen LogP contribution < -0.4 is 5.69 Å². The largest absolute Gasteiger partial charge is 0.481 e. The van der Waals surface area contributed by atoms with E-state index >= 15 is 0 Å². The van der Waals surface area contributed by atoms with E-state index in [-0.39, 0.29) is 13.0 Å². The van der Waals surface area contributed by atoms with Crippen LogP contribution in [-0.2, 0) is 11.3 Å². The number of carboxylic acids is 1. The maximum absolute atomic E-state index is 10.4. The van der Waals surface area contributed by atoms with Gasteiger partial charge in [0.25, 0.3) is 0 Å². The van der Waals surface area contributed by atoms with E-state index in [0.717, 1.165) is 0 Å². The number of carboxylic acid groups (broad SMARTS) is 1. The normalized spacial score (nSPS) is 9.82. The molecule has 0 saturated heterocycles. The van der Waals surface area contributed by atoms with Crippen LogP contribution in [0.4, 0.5) is 0 Å². The van der Waals surface area contributed by atoms with Crippen LogP contribution in [0, 0.1) is 0 Å². The van der Waals surface area contributed by atoms with Crippen molar-refractivity contribution in [2.24, 2.45) is 0 Å². The fourth-order valence-corrected chi connectivity index (χ4v) is 0.632. The first-order chi connectivity index (χ1) is 5.18. The van der Waals surface area contributed by atoms with Crippen LogP contribution in [0.5, 0.6) is 0 Å². The van der Waals surface area contributed by atoms with Crippen LogP contribution in [0.2, 0.25) is 0 Å². The van der Waals surface area contributed by atoms with Gasteiger partial charge in [0.2, 0.25) is 0 Å². The van der Waals surface area contributed by atoms with Gasteiger partial charge in [-0.3, -0.25) is 9.48 Å². The highest BCUT2D eigenvalue weighted by Gasteiger charge is 1.97. The molecule has 1 rings (SSSR count). The Bertz CT molecular complexity index is 300. The van der Waals surface area contributed by atoms with Crippen molar-refractivity contribution >= 4 is 5.97 Å². The zero-order valence-electron chi connectivity index (χ0n) is 5.65. The molecule has 1 aromatic rings. The number of aromatic amines is 1. The van der Waals surface area contributed by atoms with Crippen molar-refractivity contribution in [1.29, 1.82) is 0 Å². The highest BCUT2D eigenvalue weighted by molar-refractivity contribution is 5.66. The molecular weight excluding hydrogens is 150 g/mol. The van der Waals surface area contributed by atoms with Gasteiger partial charge in [-0.25, -0.2) is 9.89 Å².